The molecule has 0 aliphatic carbocycles. The van der Waals surface area contributed by atoms with Gasteiger partial charge in [-0.2, -0.15) is 8.78 Å². The van der Waals surface area contributed by atoms with E-state index in [1.165, 1.54) is 6.92 Å². The van der Waals surface area contributed by atoms with E-state index in [1.807, 2.05) is 0 Å². The molecule has 0 aliphatic rings. The number of rotatable bonds is 5. The summed E-state index contributed by atoms with van der Waals surface area (Å²) >= 11 is 0. The van der Waals surface area contributed by atoms with Gasteiger partial charge in [0.15, 0.2) is 0 Å². The van der Waals surface area contributed by atoms with Gasteiger partial charge in [-0.15, -0.1) is 0 Å². The molecule has 0 atom stereocenters. The number of carbonyl (C=O) groups excluding carboxylic acids is 1. The van der Waals surface area contributed by atoms with Gasteiger partial charge in [0.1, 0.15) is 0 Å². The van der Waals surface area contributed by atoms with Crippen molar-refractivity contribution in [1.29, 1.82) is 0 Å². The van der Waals surface area contributed by atoms with Crippen LogP contribution in [0.5, 0.6) is 0 Å². The molecule has 0 unspecified atom stereocenters. The van der Waals surface area contributed by atoms with Crippen molar-refractivity contribution in [3.8, 4) is 11.5 Å². The fourth-order valence-corrected chi connectivity index (χ4v) is 1.75. The molecule has 2 aromatic rings. The van der Waals surface area contributed by atoms with Gasteiger partial charge in [-0.25, -0.2) is 14.6 Å². The first-order valence-electron chi connectivity index (χ1n) is 6.53. The van der Waals surface area contributed by atoms with Crippen LogP contribution in [0.3, 0.4) is 0 Å². The van der Waals surface area contributed by atoms with Crippen LogP contribution in [0.25, 0.3) is 11.5 Å². The van der Waals surface area contributed by atoms with E-state index < -0.39 is 29.5 Å². The molecule has 0 saturated heterocycles. The summed E-state index contributed by atoms with van der Waals surface area (Å²) in [5.41, 5.74) is -0.807. The number of aromatic nitrogens is 1. The summed E-state index contributed by atoms with van der Waals surface area (Å²) in [6, 6.07) is 8.55. The van der Waals surface area contributed by atoms with Crippen LogP contribution in [-0.4, -0.2) is 23.5 Å². The molecule has 116 valence electrons. The van der Waals surface area contributed by atoms with E-state index in [9.17, 15) is 18.4 Å². The second kappa shape index (κ2) is 6.46. The van der Waals surface area contributed by atoms with E-state index in [4.69, 9.17) is 4.42 Å². The van der Waals surface area contributed by atoms with Gasteiger partial charge in [0.2, 0.25) is 5.89 Å². The predicted molar refractivity (Wildman–Crippen MR) is 73.5 cm³/mol. The molecule has 1 heterocycles. The number of esters is 1. The van der Waals surface area contributed by atoms with Crippen LogP contribution in [-0.2, 0) is 16.0 Å². The first-order chi connectivity index (χ1) is 10.4. The highest BCUT2D eigenvalue weighted by Gasteiger charge is 2.41. The Kier molecular flexibility index (Phi) is 4.65. The van der Waals surface area contributed by atoms with Crippen LogP contribution in [0.4, 0.5) is 8.78 Å². The Hall–Kier alpha value is -2.57. The number of benzene rings is 1. The van der Waals surface area contributed by atoms with Gasteiger partial charge in [-0.05, 0) is 19.1 Å². The highest BCUT2D eigenvalue weighted by atomic mass is 19.3. The molecule has 22 heavy (non-hydrogen) atoms. The Labute approximate surface area is 124 Å². The van der Waals surface area contributed by atoms with Gasteiger partial charge >= 0.3 is 17.5 Å². The molecular formula is C15H13F2NO4. The van der Waals surface area contributed by atoms with Crippen molar-refractivity contribution in [2.24, 2.45) is 0 Å². The second-order valence-corrected chi connectivity index (χ2v) is 4.45. The normalized spacial score (nSPS) is 11.2. The average Bonchev–Trinajstić information content (AvgIpc) is 2.50. The van der Waals surface area contributed by atoms with Crippen LogP contribution in [0.15, 0.2) is 45.7 Å². The molecule has 0 amide bonds. The topological polar surface area (TPSA) is 69.4 Å². The first-order valence-corrected chi connectivity index (χ1v) is 6.53. The zero-order valence-corrected chi connectivity index (χ0v) is 11.7. The lowest BCUT2D eigenvalue weighted by molar-refractivity contribution is -0.171. The fourth-order valence-electron chi connectivity index (χ4n) is 1.75. The van der Waals surface area contributed by atoms with Crippen molar-refractivity contribution in [2.45, 2.75) is 19.3 Å². The van der Waals surface area contributed by atoms with Crippen LogP contribution < -0.4 is 5.63 Å². The minimum Gasteiger partial charge on any atom is -0.462 e. The van der Waals surface area contributed by atoms with Gasteiger partial charge in [0, 0.05) is 11.8 Å². The Balaban J connectivity index is 2.24. The molecule has 0 spiro atoms. The highest BCUT2D eigenvalue weighted by Crippen LogP contribution is 2.21. The van der Waals surface area contributed by atoms with Gasteiger partial charge in [-0.1, -0.05) is 18.2 Å². The minimum absolute atomic E-state index is 0.0220. The standard InChI is InChI=1S/C15H13F2NO4/c1-2-21-14(20)15(16,17)8-11-9-18-12(22-13(11)19)10-6-4-3-5-7-10/h3-7,9H,2,8H2,1H3. The maximum absolute atomic E-state index is 13.6. The zero-order chi connectivity index (χ0) is 16.2. The fraction of sp³-hybridized carbons (Fsp3) is 0.267. The molecular weight excluding hydrogens is 296 g/mol. The molecule has 0 fully saturated rings. The lowest BCUT2D eigenvalue weighted by atomic mass is 10.1. The summed E-state index contributed by atoms with van der Waals surface area (Å²) < 4.78 is 36.4. The summed E-state index contributed by atoms with van der Waals surface area (Å²) in [6.45, 7) is 1.24. The third-order valence-electron chi connectivity index (χ3n) is 2.80. The summed E-state index contributed by atoms with van der Waals surface area (Å²) in [4.78, 5) is 26.8. The summed E-state index contributed by atoms with van der Waals surface area (Å²) in [7, 11) is 0. The molecule has 7 heteroatoms. The third-order valence-corrected chi connectivity index (χ3v) is 2.80. The van der Waals surface area contributed by atoms with Crippen LogP contribution in [0, 0.1) is 0 Å². The van der Waals surface area contributed by atoms with E-state index in [0.717, 1.165) is 6.20 Å². The average molecular weight is 309 g/mol. The van der Waals surface area contributed by atoms with E-state index >= 15 is 0 Å². The third kappa shape index (κ3) is 3.55. The molecule has 0 saturated carbocycles. The molecule has 5 nitrogen and oxygen atoms in total. The van der Waals surface area contributed by atoms with Crippen molar-refractivity contribution in [3.63, 3.8) is 0 Å². The quantitative estimate of drug-likeness (QED) is 0.793. The smallest absolute Gasteiger partial charge is 0.377 e. The SMILES string of the molecule is CCOC(=O)C(F)(F)Cc1cnc(-c2ccccc2)oc1=O. The molecule has 0 bridgehead atoms. The summed E-state index contributed by atoms with van der Waals surface area (Å²) in [6.07, 6.45) is -0.127. The molecule has 2 rings (SSSR count). The number of nitrogens with zero attached hydrogens (tertiary/aromatic N) is 1. The van der Waals surface area contributed by atoms with Gasteiger partial charge in [-0.3, -0.25) is 0 Å². The van der Waals surface area contributed by atoms with Crippen LogP contribution in [0.2, 0.25) is 0 Å². The maximum atomic E-state index is 13.6. The Morgan fingerprint density at radius 2 is 2.00 bits per heavy atom. The van der Waals surface area contributed by atoms with Crippen LogP contribution in [0.1, 0.15) is 12.5 Å². The number of halogens is 2. The van der Waals surface area contributed by atoms with E-state index in [-0.39, 0.29) is 12.5 Å². The van der Waals surface area contributed by atoms with Crippen LogP contribution >= 0.6 is 0 Å². The molecule has 0 N–H and O–H groups in total. The maximum Gasteiger partial charge on any atom is 0.377 e. The number of hydrogen-bond donors (Lipinski definition) is 0. The van der Waals surface area contributed by atoms with Crippen molar-refractivity contribution >= 4 is 5.97 Å². The van der Waals surface area contributed by atoms with Crippen molar-refractivity contribution in [2.75, 3.05) is 6.61 Å². The zero-order valence-electron chi connectivity index (χ0n) is 11.7. The molecule has 0 radical (unpaired) electrons. The highest BCUT2D eigenvalue weighted by molar-refractivity contribution is 5.77. The van der Waals surface area contributed by atoms with Crippen molar-refractivity contribution < 1.29 is 22.7 Å². The van der Waals surface area contributed by atoms with Crippen molar-refractivity contribution in [3.05, 3.63) is 52.5 Å². The number of hydrogen-bond acceptors (Lipinski definition) is 5. The predicted octanol–water partition coefficient (Wildman–Crippen LogP) is 2.44. The lowest BCUT2D eigenvalue weighted by Crippen LogP contribution is -2.34. The number of alkyl halides is 2. The Morgan fingerprint density at radius 3 is 2.59 bits per heavy atom. The number of ether oxygens (including phenoxy) is 1. The van der Waals surface area contributed by atoms with Gasteiger partial charge in [0.05, 0.1) is 18.6 Å². The summed E-state index contributed by atoms with van der Waals surface area (Å²) in [5, 5.41) is 0. The van der Waals surface area contributed by atoms with Crippen molar-refractivity contribution in [1.82, 2.24) is 4.98 Å². The minimum atomic E-state index is -3.80. The van der Waals surface area contributed by atoms with E-state index in [1.54, 1.807) is 30.3 Å². The Bertz CT molecular complexity index is 713. The lowest BCUT2D eigenvalue weighted by Gasteiger charge is -2.13. The number of carbonyl (C=O) groups is 1. The van der Waals surface area contributed by atoms with Gasteiger partial charge in [0.25, 0.3) is 0 Å². The monoisotopic (exact) mass is 309 g/mol. The molecule has 0 aliphatic heterocycles. The van der Waals surface area contributed by atoms with Gasteiger partial charge < -0.3 is 9.15 Å². The molecule has 1 aromatic carbocycles. The molecule has 1 aromatic heterocycles. The Morgan fingerprint density at radius 1 is 1.32 bits per heavy atom. The van der Waals surface area contributed by atoms with E-state index in [0.29, 0.717) is 5.56 Å². The van der Waals surface area contributed by atoms with E-state index in [2.05, 4.69) is 9.72 Å². The second-order valence-electron chi connectivity index (χ2n) is 4.45. The largest absolute Gasteiger partial charge is 0.462 e. The first kappa shape index (κ1) is 15.8. The summed E-state index contributed by atoms with van der Waals surface area (Å²) in [5.74, 6) is -5.46.